The van der Waals surface area contributed by atoms with Gasteiger partial charge in [-0.3, -0.25) is 0 Å². The molecule has 1 aliphatic carbocycles. The number of fused-ring (bicyclic) bond motifs is 1. The Morgan fingerprint density at radius 3 is 2.56 bits per heavy atom. The van der Waals surface area contributed by atoms with Crippen molar-refractivity contribution in [1.82, 2.24) is 19.9 Å². The Morgan fingerprint density at radius 1 is 1.19 bits per heavy atom. The Bertz CT molecular complexity index is 564. The number of aromatic amines is 1. The third-order valence-corrected chi connectivity index (χ3v) is 3.33. The summed E-state index contributed by atoms with van der Waals surface area (Å²) in [6.45, 7) is 0. The lowest BCUT2D eigenvalue weighted by atomic mass is 9.80. The fraction of sp³-hybridized carbons (Fsp3) is 0.444. The molecule has 0 saturated heterocycles. The molecule has 3 rings (SSSR count). The van der Waals surface area contributed by atoms with Crippen LogP contribution in [0.1, 0.15) is 25.1 Å². The number of rotatable bonds is 1. The van der Waals surface area contributed by atoms with Gasteiger partial charge in [0.2, 0.25) is 5.28 Å². The van der Waals surface area contributed by atoms with Crippen LogP contribution >= 0.6 is 23.2 Å². The molecule has 2 aromatic rings. The van der Waals surface area contributed by atoms with Crippen molar-refractivity contribution in [2.45, 2.75) is 24.9 Å². The first-order valence-electron chi connectivity index (χ1n) is 4.90. The topological polar surface area (TPSA) is 74.7 Å². The van der Waals surface area contributed by atoms with E-state index >= 15 is 0 Å². The van der Waals surface area contributed by atoms with E-state index in [-0.39, 0.29) is 10.4 Å². The SMILES string of the molecule is OC1(c2nc3c(Cl)nc(Cl)nc3[nH]2)CCC1. The maximum absolute atomic E-state index is 10.1. The third-order valence-electron chi connectivity index (χ3n) is 2.90. The number of nitrogens with one attached hydrogen (secondary N) is 1. The zero-order chi connectivity index (χ0) is 11.3. The highest BCUT2D eigenvalue weighted by molar-refractivity contribution is 6.35. The predicted molar refractivity (Wildman–Crippen MR) is 59.5 cm³/mol. The van der Waals surface area contributed by atoms with Crippen LogP contribution in [0.3, 0.4) is 0 Å². The molecule has 0 atom stereocenters. The summed E-state index contributed by atoms with van der Waals surface area (Å²) in [5.41, 5.74) is 0.0398. The van der Waals surface area contributed by atoms with Gasteiger partial charge in [0.15, 0.2) is 10.8 Å². The highest BCUT2D eigenvalue weighted by Crippen LogP contribution is 2.40. The van der Waals surface area contributed by atoms with Crippen LogP contribution in [-0.2, 0) is 5.60 Å². The fourth-order valence-electron chi connectivity index (χ4n) is 1.81. The Labute approximate surface area is 101 Å². The first kappa shape index (κ1) is 10.3. The van der Waals surface area contributed by atoms with Crippen molar-refractivity contribution < 1.29 is 5.11 Å². The predicted octanol–water partition coefficient (Wildman–Crippen LogP) is 2.03. The molecule has 0 bridgehead atoms. The molecule has 5 nitrogen and oxygen atoms in total. The van der Waals surface area contributed by atoms with E-state index in [4.69, 9.17) is 23.2 Å². The van der Waals surface area contributed by atoms with Gasteiger partial charge in [-0.15, -0.1) is 0 Å². The summed E-state index contributed by atoms with van der Waals surface area (Å²) in [7, 11) is 0. The Morgan fingerprint density at radius 2 is 1.94 bits per heavy atom. The first-order valence-corrected chi connectivity index (χ1v) is 5.66. The molecule has 84 valence electrons. The van der Waals surface area contributed by atoms with Crippen LogP contribution in [0.15, 0.2) is 0 Å². The summed E-state index contributed by atoms with van der Waals surface area (Å²) in [6, 6.07) is 0. The average molecular weight is 259 g/mol. The molecule has 2 heterocycles. The number of hydrogen-bond donors (Lipinski definition) is 2. The minimum absolute atomic E-state index is 0.0632. The molecule has 0 spiro atoms. The van der Waals surface area contributed by atoms with Gasteiger partial charge in [-0.25, -0.2) is 9.97 Å². The van der Waals surface area contributed by atoms with E-state index < -0.39 is 5.60 Å². The van der Waals surface area contributed by atoms with E-state index in [1.807, 2.05) is 0 Å². The number of hydrogen-bond acceptors (Lipinski definition) is 4. The van der Waals surface area contributed by atoms with Gasteiger partial charge in [0.1, 0.15) is 16.9 Å². The molecule has 1 saturated carbocycles. The normalized spacial score (nSPS) is 18.7. The molecule has 1 aliphatic rings. The monoisotopic (exact) mass is 258 g/mol. The highest BCUT2D eigenvalue weighted by Gasteiger charge is 2.39. The Kier molecular flexibility index (Phi) is 2.11. The fourth-order valence-corrected chi connectivity index (χ4v) is 2.23. The minimum atomic E-state index is -0.865. The lowest BCUT2D eigenvalue weighted by molar-refractivity contribution is -0.0458. The van der Waals surface area contributed by atoms with Gasteiger partial charge in [0.05, 0.1) is 0 Å². The van der Waals surface area contributed by atoms with Gasteiger partial charge < -0.3 is 10.1 Å². The minimum Gasteiger partial charge on any atom is -0.382 e. The summed E-state index contributed by atoms with van der Waals surface area (Å²) in [4.78, 5) is 14.9. The number of halogens is 2. The summed E-state index contributed by atoms with van der Waals surface area (Å²) in [6.07, 6.45) is 2.39. The molecule has 0 unspecified atom stereocenters. The molecule has 0 radical (unpaired) electrons. The molecule has 16 heavy (non-hydrogen) atoms. The molecule has 1 fully saturated rings. The van der Waals surface area contributed by atoms with Gasteiger partial charge in [0.25, 0.3) is 0 Å². The number of aliphatic hydroxyl groups is 1. The Balaban J connectivity index is 2.19. The highest BCUT2D eigenvalue weighted by atomic mass is 35.5. The van der Waals surface area contributed by atoms with Crippen molar-refractivity contribution in [2.75, 3.05) is 0 Å². The second-order valence-corrected chi connectivity index (χ2v) is 4.65. The largest absolute Gasteiger partial charge is 0.382 e. The smallest absolute Gasteiger partial charge is 0.225 e. The number of aromatic nitrogens is 4. The molecular weight excluding hydrogens is 251 g/mol. The van der Waals surface area contributed by atoms with Gasteiger partial charge in [-0.05, 0) is 30.9 Å². The van der Waals surface area contributed by atoms with Crippen LogP contribution in [0.25, 0.3) is 11.2 Å². The summed E-state index contributed by atoms with van der Waals surface area (Å²) in [5.74, 6) is 0.493. The standard InChI is InChI=1S/C9H8Cl2N4O/c10-5-4-6(15-8(11)13-5)14-7(12-4)9(16)2-1-3-9/h16H,1-3H2,(H,12,13,14,15). The van der Waals surface area contributed by atoms with E-state index in [9.17, 15) is 5.11 Å². The van der Waals surface area contributed by atoms with Crippen LogP contribution < -0.4 is 0 Å². The summed E-state index contributed by atoms with van der Waals surface area (Å²) in [5, 5.41) is 10.4. The number of H-pyrrole nitrogens is 1. The molecule has 0 aliphatic heterocycles. The lowest BCUT2D eigenvalue weighted by Gasteiger charge is -2.34. The van der Waals surface area contributed by atoms with Crippen LogP contribution in [0.5, 0.6) is 0 Å². The summed E-state index contributed by atoms with van der Waals surface area (Å²) >= 11 is 11.6. The maximum atomic E-state index is 10.1. The average Bonchev–Trinajstić information content (AvgIpc) is 2.58. The van der Waals surface area contributed by atoms with E-state index in [1.54, 1.807) is 0 Å². The van der Waals surface area contributed by atoms with E-state index in [0.717, 1.165) is 6.42 Å². The maximum Gasteiger partial charge on any atom is 0.225 e. The second kappa shape index (κ2) is 3.29. The van der Waals surface area contributed by atoms with Crippen LogP contribution in [0.4, 0.5) is 0 Å². The van der Waals surface area contributed by atoms with Crippen LogP contribution in [0.2, 0.25) is 10.4 Å². The molecule has 0 amide bonds. The third kappa shape index (κ3) is 1.39. The van der Waals surface area contributed by atoms with E-state index in [2.05, 4.69) is 19.9 Å². The lowest BCUT2D eigenvalue weighted by Crippen LogP contribution is -2.34. The molecule has 2 N–H and O–H groups in total. The van der Waals surface area contributed by atoms with Crippen molar-refractivity contribution >= 4 is 34.4 Å². The zero-order valence-corrected chi connectivity index (χ0v) is 9.68. The van der Waals surface area contributed by atoms with Crippen molar-refractivity contribution in [3.8, 4) is 0 Å². The van der Waals surface area contributed by atoms with E-state index in [0.29, 0.717) is 29.8 Å². The summed E-state index contributed by atoms with van der Waals surface area (Å²) < 4.78 is 0. The van der Waals surface area contributed by atoms with E-state index in [1.165, 1.54) is 0 Å². The van der Waals surface area contributed by atoms with Crippen LogP contribution in [-0.4, -0.2) is 25.0 Å². The van der Waals surface area contributed by atoms with Gasteiger partial charge in [-0.2, -0.15) is 4.98 Å². The van der Waals surface area contributed by atoms with Crippen molar-refractivity contribution in [3.05, 3.63) is 16.3 Å². The number of imidazole rings is 1. The van der Waals surface area contributed by atoms with Crippen molar-refractivity contribution in [1.29, 1.82) is 0 Å². The quantitative estimate of drug-likeness (QED) is 0.607. The first-order chi connectivity index (χ1) is 7.58. The van der Waals surface area contributed by atoms with Gasteiger partial charge in [-0.1, -0.05) is 11.6 Å². The molecular formula is C9H8Cl2N4O. The van der Waals surface area contributed by atoms with Gasteiger partial charge >= 0.3 is 0 Å². The van der Waals surface area contributed by atoms with Crippen LogP contribution in [0, 0.1) is 0 Å². The zero-order valence-electron chi connectivity index (χ0n) is 8.17. The molecule has 2 aromatic heterocycles. The molecule has 7 heteroatoms. The van der Waals surface area contributed by atoms with Crippen molar-refractivity contribution in [2.24, 2.45) is 0 Å². The molecule has 0 aromatic carbocycles. The van der Waals surface area contributed by atoms with Crippen molar-refractivity contribution in [3.63, 3.8) is 0 Å². The van der Waals surface area contributed by atoms with Gasteiger partial charge in [0, 0.05) is 0 Å². The number of nitrogens with zero attached hydrogens (tertiary/aromatic N) is 3. The Hall–Kier alpha value is -0.910. The second-order valence-electron chi connectivity index (χ2n) is 3.95.